The lowest BCUT2D eigenvalue weighted by Gasteiger charge is -2.35. The molecular weight excluding hydrogens is 825 g/mol. The Balaban J connectivity index is 0.878. The zero-order valence-electron chi connectivity index (χ0n) is 36.9. The van der Waals surface area contributed by atoms with E-state index >= 15 is 0 Å². The van der Waals surface area contributed by atoms with Crippen LogP contribution >= 0.6 is 11.3 Å². The van der Waals surface area contributed by atoms with Crippen molar-refractivity contribution >= 4 is 52.7 Å². The number of aliphatic hydroxyl groups is 1. The molecule has 2 saturated heterocycles. The molecule has 63 heavy (non-hydrogen) atoms. The van der Waals surface area contributed by atoms with Gasteiger partial charge in [-0.1, -0.05) is 89.6 Å². The van der Waals surface area contributed by atoms with Crippen LogP contribution in [-0.2, 0) is 24.0 Å². The molecule has 2 aromatic carbocycles. The number of rotatable bonds is 19. The molecule has 0 spiro atoms. The molecule has 3 aromatic rings. The summed E-state index contributed by atoms with van der Waals surface area (Å²) in [5.74, 6) is -2.91. The third-order valence-corrected chi connectivity index (χ3v) is 13.0. The van der Waals surface area contributed by atoms with Crippen LogP contribution in [0.1, 0.15) is 143 Å². The second-order valence-electron chi connectivity index (χ2n) is 17.9. The first-order chi connectivity index (χ1) is 30.0. The van der Waals surface area contributed by atoms with E-state index in [0.29, 0.717) is 18.8 Å². The topological polar surface area (TPSA) is 204 Å². The smallest absolute Gasteiger partial charge is 0.266 e. The number of carbonyl (C=O) groups excluding carboxylic acids is 7. The number of likely N-dealkylation sites (tertiary alicyclic amines) is 1. The first-order valence-electron chi connectivity index (χ1n) is 22.1. The molecule has 2 fully saturated rings. The number of nitrogens with zero attached hydrogens (tertiary/aromatic N) is 3. The van der Waals surface area contributed by atoms with E-state index in [0.717, 1.165) is 71.5 Å². The molecule has 6 rings (SSSR count). The van der Waals surface area contributed by atoms with Gasteiger partial charge in [0.1, 0.15) is 23.9 Å². The molecule has 0 saturated carbocycles. The Labute approximate surface area is 372 Å². The highest BCUT2D eigenvalue weighted by Crippen LogP contribution is 2.34. The van der Waals surface area contributed by atoms with E-state index in [1.54, 1.807) is 29.5 Å². The summed E-state index contributed by atoms with van der Waals surface area (Å²) in [5, 5.41) is 18.8. The molecule has 16 heteroatoms. The molecule has 15 nitrogen and oxygen atoms in total. The number of aromatic nitrogens is 1. The highest BCUT2D eigenvalue weighted by atomic mass is 32.1. The number of benzene rings is 2. The van der Waals surface area contributed by atoms with Crippen LogP contribution in [-0.4, -0.2) is 98.6 Å². The van der Waals surface area contributed by atoms with Gasteiger partial charge in [0, 0.05) is 25.8 Å². The maximum absolute atomic E-state index is 14.1. The summed E-state index contributed by atoms with van der Waals surface area (Å²) >= 11 is 1.57. The number of aliphatic hydroxyl groups excluding tert-OH is 1. The number of imide groups is 2. The van der Waals surface area contributed by atoms with Crippen molar-refractivity contribution in [3.8, 4) is 16.2 Å². The van der Waals surface area contributed by atoms with E-state index in [1.165, 1.54) is 4.90 Å². The molecule has 7 amide bonds. The molecule has 2 unspecified atom stereocenters. The van der Waals surface area contributed by atoms with Gasteiger partial charge in [-0.05, 0) is 61.8 Å². The van der Waals surface area contributed by atoms with E-state index in [2.05, 4.69) is 20.9 Å². The Morgan fingerprint density at radius 2 is 1.62 bits per heavy atom. The lowest BCUT2D eigenvalue weighted by Crippen LogP contribution is -2.57. The van der Waals surface area contributed by atoms with Gasteiger partial charge in [0.15, 0.2) is 0 Å². The number of hydrogen-bond acceptors (Lipinski definition) is 11. The molecule has 4 heterocycles. The Kier molecular flexibility index (Phi) is 15.5. The van der Waals surface area contributed by atoms with E-state index in [1.807, 2.05) is 64.4 Å². The molecule has 0 bridgehead atoms. The number of carbonyl (C=O) groups is 7. The molecule has 4 N–H and O–H groups in total. The van der Waals surface area contributed by atoms with Crippen LogP contribution in [0, 0.1) is 12.3 Å². The summed E-state index contributed by atoms with van der Waals surface area (Å²) in [5.41, 5.74) is 4.43. The molecule has 3 aliphatic rings. The number of fused-ring (bicyclic) bond motifs is 1. The van der Waals surface area contributed by atoms with Gasteiger partial charge >= 0.3 is 0 Å². The first kappa shape index (κ1) is 47.0. The maximum atomic E-state index is 14.1. The molecule has 0 aliphatic carbocycles. The largest absolute Gasteiger partial charge is 0.493 e. The number of piperidine rings is 1. The minimum absolute atomic E-state index is 0.00862. The Bertz CT molecular complexity index is 2180. The minimum atomic E-state index is -1.03. The van der Waals surface area contributed by atoms with Crippen LogP contribution < -0.4 is 20.7 Å². The van der Waals surface area contributed by atoms with Gasteiger partial charge in [-0.25, -0.2) is 4.98 Å². The van der Waals surface area contributed by atoms with Gasteiger partial charge in [-0.15, -0.1) is 11.3 Å². The maximum Gasteiger partial charge on any atom is 0.266 e. The third-order valence-electron chi connectivity index (χ3n) is 12.0. The van der Waals surface area contributed by atoms with Crippen molar-refractivity contribution in [3.63, 3.8) is 0 Å². The second-order valence-corrected chi connectivity index (χ2v) is 18.8. The molecule has 1 aromatic heterocycles. The van der Waals surface area contributed by atoms with Gasteiger partial charge in [0.05, 0.1) is 46.0 Å². The van der Waals surface area contributed by atoms with Crippen molar-refractivity contribution in [1.29, 1.82) is 0 Å². The van der Waals surface area contributed by atoms with Crippen molar-refractivity contribution in [1.82, 2.24) is 30.7 Å². The number of amides is 7. The number of unbranched alkanes of at least 4 members (excludes halogenated alkanes) is 7. The number of β-amino-alcohol motifs (C(OH)–C–C–N with tert-alkyl or cyclic N) is 1. The Morgan fingerprint density at radius 1 is 0.937 bits per heavy atom. The minimum Gasteiger partial charge on any atom is -0.493 e. The van der Waals surface area contributed by atoms with Crippen molar-refractivity contribution < 1.29 is 43.4 Å². The predicted octanol–water partition coefficient (Wildman–Crippen LogP) is 5.78. The predicted molar refractivity (Wildman–Crippen MR) is 237 cm³/mol. The fourth-order valence-electron chi connectivity index (χ4n) is 8.48. The van der Waals surface area contributed by atoms with Crippen LogP contribution in [0.3, 0.4) is 0 Å². The van der Waals surface area contributed by atoms with Crippen molar-refractivity contribution in [2.24, 2.45) is 5.41 Å². The Hall–Kier alpha value is -5.48. The van der Waals surface area contributed by atoms with Crippen molar-refractivity contribution in [2.45, 2.75) is 142 Å². The summed E-state index contributed by atoms with van der Waals surface area (Å²) in [6.45, 7) is 9.84. The quantitative estimate of drug-likeness (QED) is 0.0844. The van der Waals surface area contributed by atoms with Crippen LogP contribution in [0.5, 0.6) is 5.75 Å². The summed E-state index contributed by atoms with van der Waals surface area (Å²) in [4.78, 5) is 98.9. The Morgan fingerprint density at radius 3 is 2.27 bits per heavy atom. The molecule has 3 aliphatic heterocycles. The highest BCUT2D eigenvalue weighted by Gasteiger charge is 2.47. The van der Waals surface area contributed by atoms with Gasteiger partial charge < -0.3 is 25.4 Å². The van der Waals surface area contributed by atoms with Crippen molar-refractivity contribution in [3.05, 3.63) is 70.4 Å². The summed E-state index contributed by atoms with van der Waals surface area (Å²) in [6.07, 6.45) is 6.81. The lowest BCUT2D eigenvalue weighted by molar-refractivity contribution is -0.144. The second kappa shape index (κ2) is 20.8. The van der Waals surface area contributed by atoms with Gasteiger partial charge in [0.2, 0.25) is 29.5 Å². The van der Waals surface area contributed by atoms with E-state index < -0.39 is 53.3 Å². The number of ether oxygens (including phenoxy) is 1. The normalized spacial score (nSPS) is 19.7. The van der Waals surface area contributed by atoms with Gasteiger partial charge in [-0.2, -0.15) is 0 Å². The summed E-state index contributed by atoms with van der Waals surface area (Å²) < 4.78 is 5.94. The third kappa shape index (κ3) is 11.4. The monoisotopic (exact) mass is 884 g/mol. The van der Waals surface area contributed by atoms with E-state index in [-0.39, 0.29) is 67.1 Å². The van der Waals surface area contributed by atoms with Gasteiger partial charge in [0.25, 0.3) is 11.8 Å². The summed E-state index contributed by atoms with van der Waals surface area (Å²) in [7, 11) is 0. The number of nitrogens with one attached hydrogen (secondary N) is 3. The van der Waals surface area contributed by atoms with Crippen molar-refractivity contribution in [2.75, 3.05) is 13.2 Å². The molecular formula is C47H60N6O9S. The average Bonchev–Trinajstić information content (AvgIpc) is 3.93. The first-order valence-corrected chi connectivity index (χ1v) is 23.0. The number of aryl methyl sites for hydroxylation is 1. The summed E-state index contributed by atoms with van der Waals surface area (Å²) in [6, 6.07) is 9.65. The fraction of sp³-hybridized carbons (Fsp3) is 0.532. The molecule has 338 valence electrons. The van der Waals surface area contributed by atoms with Crippen LogP contribution in [0.4, 0.5) is 0 Å². The zero-order valence-corrected chi connectivity index (χ0v) is 37.7. The fourth-order valence-corrected chi connectivity index (χ4v) is 9.29. The number of thiazole rings is 1. The van der Waals surface area contributed by atoms with Crippen LogP contribution in [0.2, 0.25) is 0 Å². The standard InChI is InChI=1S/C47H60N6O9S/c1-28(30-18-20-31(21-19-30)40-29(2)48-27-63-40)49-43(58)35-25-32(54)26-52(35)46(61)41(47(3,4)5)50-37(55)17-12-10-8-6-7-9-11-13-24-62-36-16-14-15-33-39(36)45(60)53(44(33)59)34-22-23-38(56)51-42(34)57/h14-16,18-21,27-28,32,34-35,41,54H,6-13,17,22-26H2,1-5H3,(H,49,58)(H,50,55)(H,51,56,57)/t28-,32+,34?,35-,41?/m0/s1. The lowest BCUT2D eigenvalue weighted by atomic mass is 9.85. The molecule has 5 atom stereocenters. The number of hydrogen-bond donors (Lipinski definition) is 4. The SMILES string of the molecule is Cc1ncsc1-c1ccc([C@H](C)NC(=O)[C@@H]2C[C@@H](O)CN2C(=O)C(NC(=O)CCCCCCCCCCOc2cccc3c2C(=O)N(C2CCC(=O)NC2=O)C3=O)C(C)(C)C)cc1. The van der Waals surface area contributed by atoms with Crippen LogP contribution in [0.25, 0.3) is 10.4 Å². The average molecular weight is 885 g/mol. The van der Waals surface area contributed by atoms with Gasteiger partial charge in [-0.3, -0.25) is 43.8 Å². The zero-order chi connectivity index (χ0) is 45.4. The highest BCUT2D eigenvalue weighted by molar-refractivity contribution is 7.13. The van der Waals surface area contributed by atoms with E-state index in [4.69, 9.17) is 4.74 Å². The van der Waals surface area contributed by atoms with Crippen LogP contribution in [0.15, 0.2) is 48.0 Å². The van der Waals surface area contributed by atoms with E-state index in [9.17, 15) is 38.7 Å². The molecule has 0 radical (unpaired) electrons.